The van der Waals surface area contributed by atoms with Gasteiger partial charge in [0.1, 0.15) is 17.1 Å². The van der Waals surface area contributed by atoms with Crippen LogP contribution in [0.2, 0.25) is 0 Å². The van der Waals surface area contributed by atoms with Crippen LogP contribution in [0.5, 0.6) is 11.6 Å². The molecule has 0 aliphatic rings. The van der Waals surface area contributed by atoms with Crippen LogP contribution in [0.25, 0.3) is 11.2 Å². The number of aromatic nitrogens is 4. The molecule has 6 nitrogen and oxygen atoms in total. The van der Waals surface area contributed by atoms with Crippen molar-refractivity contribution >= 4 is 17.1 Å². The van der Waals surface area contributed by atoms with Gasteiger partial charge in [0.05, 0.1) is 6.33 Å². The molecular formula is C14H14FN5O. The monoisotopic (exact) mass is 287 g/mol. The van der Waals surface area contributed by atoms with Gasteiger partial charge >= 0.3 is 0 Å². The molecule has 3 rings (SSSR count). The summed E-state index contributed by atoms with van der Waals surface area (Å²) in [6, 6.07) is 5.88. The zero-order valence-electron chi connectivity index (χ0n) is 11.4. The number of hydrogen-bond donors (Lipinski definition) is 2. The lowest BCUT2D eigenvalue weighted by atomic mass is 10.3. The molecule has 2 aromatic heterocycles. The molecule has 0 aliphatic carbocycles. The molecule has 21 heavy (non-hydrogen) atoms. The molecule has 0 saturated carbocycles. The van der Waals surface area contributed by atoms with E-state index in [2.05, 4.69) is 25.3 Å². The molecule has 1 aromatic carbocycles. The van der Waals surface area contributed by atoms with Crippen LogP contribution >= 0.6 is 0 Å². The van der Waals surface area contributed by atoms with E-state index < -0.39 is 0 Å². The fourth-order valence-electron chi connectivity index (χ4n) is 1.84. The SMILES string of the molecule is CCCNc1nc(Oc2cccc(F)c2)c2[nH]cnc2n1. The second-order valence-electron chi connectivity index (χ2n) is 4.44. The van der Waals surface area contributed by atoms with Gasteiger partial charge in [0, 0.05) is 12.6 Å². The van der Waals surface area contributed by atoms with Gasteiger partial charge in [-0.05, 0) is 18.6 Å². The van der Waals surface area contributed by atoms with Crippen LogP contribution in [0.3, 0.4) is 0 Å². The molecule has 0 bridgehead atoms. The number of fused-ring (bicyclic) bond motifs is 1. The van der Waals surface area contributed by atoms with Crippen LogP contribution in [0.15, 0.2) is 30.6 Å². The molecule has 0 fully saturated rings. The van der Waals surface area contributed by atoms with E-state index in [0.717, 1.165) is 13.0 Å². The molecule has 0 unspecified atom stereocenters. The van der Waals surface area contributed by atoms with Crippen molar-refractivity contribution in [3.63, 3.8) is 0 Å². The number of anilines is 1. The number of imidazole rings is 1. The van der Waals surface area contributed by atoms with Gasteiger partial charge in [-0.15, -0.1) is 0 Å². The van der Waals surface area contributed by atoms with Gasteiger partial charge in [-0.3, -0.25) is 0 Å². The van der Waals surface area contributed by atoms with Crippen molar-refractivity contribution in [2.24, 2.45) is 0 Å². The number of halogens is 1. The topological polar surface area (TPSA) is 75.7 Å². The highest BCUT2D eigenvalue weighted by Crippen LogP contribution is 2.26. The maximum Gasteiger partial charge on any atom is 0.250 e. The van der Waals surface area contributed by atoms with Crippen molar-refractivity contribution in [1.29, 1.82) is 0 Å². The van der Waals surface area contributed by atoms with Crippen LogP contribution in [-0.2, 0) is 0 Å². The summed E-state index contributed by atoms with van der Waals surface area (Å²) in [5, 5.41) is 3.08. The molecule has 0 radical (unpaired) electrons. The van der Waals surface area contributed by atoms with Crippen molar-refractivity contribution in [3.05, 3.63) is 36.4 Å². The van der Waals surface area contributed by atoms with Gasteiger partial charge in [0.15, 0.2) is 5.65 Å². The van der Waals surface area contributed by atoms with E-state index in [4.69, 9.17) is 4.74 Å². The molecule has 0 aliphatic heterocycles. The number of aromatic amines is 1. The van der Waals surface area contributed by atoms with Gasteiger partial charge in [-0.2, -0.15) is 9.97 Å². The second-order valence-corrected chi connectivity index (χ2v) is 4.44. The largest absolute Gasteiger partial charge is 0.437 e. The van der Waals surface area contributed by atoms with Gasteiger partial charge < -0.3 is 15.0 Å². The Morgan fingerprint density at radius 1 is 1.33 bits per heavy atom. The van der Waals surface area contributed by atoms with Crippen molar-refractivity contribution in [3.8, 4) is 11.6 Å². The zero-order chi connectivity index (χ0) is 14.7. The molecule has 2 N–H and O–H groups in total. The summed E-state index contributed by atoms with van der Waals surface area (Å²) in [6.07, 6.45) is 2.46. The van der Waals surface area contributed by atoms with Crippen LogP contribution in [-0.4, -0.2) is 26.5 Å². The number of rotatable bonds is 5. The second kappa shape index (κ2) is 5.74. The Kier molecular flexibility index (Phi) is 3.63. The van der Waals surface area contributed by atoms with Crippen LogP contribution in [0.4, 0.5) is 10.3 Å². The van der Waals surface area contributed by atoms with E-state index in [-0.39, 0.29) is 5.82 Å². The molecule has 0 atom stereocenters. The highest BCUT2D eigenvalue weighted by atomic mass is 19.1. The summed E-state index contributed by atoms with van der Waals surface area (Å²) in [6.45, 7) is 2.79. The normalized spacial score (nSPS) is 10.8. The number of hydrogen-bond acceptors (Lipinski definition) is 5. The van der Waals surface area contributed by atoms with Crippen molar-refractivity contribution in [1.82, 2.24) is 19.9 Å². The molecular weight excluding hydrogens is 273 g/mol. The quantitative estimate of drug-likeness (QED) is 0.754. The van der Waals surface area contributed by atoms with E-state index in [0.29, 0.717) is 28.7 Å². The van der Waals surface area contributed by atoms with Gasteiger partial charge in [-0.1, -0.05) is 13.0 Å². The summed E-state index contributed by atoms with van der Waals surface area (Å²) >= 11 is 0. The number of H-pyrrole nitrogens is 1. The van der Waals surface area contributed by atoms with Crippen molar-refractivity contribution < 1.29 is 9.13 Å². The number of ether oxygens (including phenoxy) is 1. The Hall–Kier alpha value is -2.70. The Morgan fingerprint density at radius 2 is 2.24 bits per heavy atom. The minimum Gasteiger partial charge on any atom is -0.437 e. The van der Waals surface area contributed by atoms with Gasteiger partial charge in [-0.25, -0.2) is 9.37 Å². The third-order valence-electron chi connectivity index (χ3n) is 2.80. The lowest BCUT2D eigenvalue weighted by Crippen LogP contribution is -2.05. The summed E-state index contributed by atoms with van der Waals surface area (Å²) in [7, 11) is 0. The predicted molar refractivity (Wildman–Crippen MR) is 76.9 cm³/mol. The minimum absolute atomic E-state index is 0.307. The number of nitrogens with zero attached hydrogens (tertiary/aromatic N) is 3. The van der Waals surface area contributed by atoms with E-state index in [1.165, 1.54) is 18.5 Å². The Labute approximate surface area is 120 Å². The first kappa shape index (κ1) is 13.3. The molecule has 108 valence electrons. The molecule has 2 heterocycles. The molecule has 3 aromatic rings. The third-order valence-corrected chi connectivity index (χ3v) is 2.80. The standard InChI is InChI=1S/C14H14FN5O/c1-2-6-16-14-19-12-11(17-8-18-12)13(20-14)21-10-5-3-4-9(15)7-10/h3-5,7-8H,2,6H2,1H3,(H2,16,17,18,19,20). The molecule has 0 amide bonds. The predicted octanol–water partition coefficient (Wildman–Crippen LogP) is 3.11. The first-order valence-electron chi connectivity index (χ1n) is 6.64. The third kappa shape index (κ3) is 2.91. The lowest BCUT2D eigenvalue weighted by Gasteiger charge is -2.08. The maximum atomic E-state index is 13.2. The average Bonchev–Trinajstić information content (AvgIpc) is 2.94. The molecule has 7 heteroatoms. The lowest BCUT2D eigenvalue weighted by molar-refractivity contribution is 0.463. The maximum absolute atomic E-state index is 13.2. The minimum atomic E-state index is -0.369. The van der Waals surface area contributed by atoms with Crippen LogP contribution < -0.4 is 10.1 Å². The Balaban J connectivity index is 1.97. The van der Waals surface area contributed by atoms with E-state index in [1.807, 2.05) is 6.92 Å². The van der Waals surface area contributed by atoms with Crippen LogP contribution in [0, 0.1) is 5.82 Å². The fraction of sp³-hybridized carbons (Fsp3) is 0.214. The summed E-state index contributed by atoms with van der Waals surface area (Å²) < 4.78 is 18.9. The smallest absolute Gasteiger partial charge is 0.250 e. The fourth-order valence-corrected chi connectivity index (χ4v) is 1.84. The van der Waals surface area contributed by atoms with E-state index >= 15 is 0 Å². The molecule has 0 saturated heterocycles. The Bertz CT molecular complexity index is 758. The average molecular weight is 287 g/mol. The van der Waals surface area contributed by atoms with E-state index in [9.17, 15) is 4.39 Å². The van der Waals surface area contributed by atoms with E-state index in [1.54, 1.807) is 12.1 Å². The number of benzene rings is 1. The van der Waals surface area contributed by atoms with Crippen LogP contribution in [0.1, 0.15) is 13.3 Å². The Morgan fingerprint density at radius 3 is 3.05 bits per heavy atom. The zero-order valence-corrected chi connectivity index (χ0v) is 11.4. The first-order chi connectivity index (χ1) is 10.3. The molecule has 0 spiro atoms. The van der Waals surface area contributed by atoms with Gasteiger partial charge in [0.2, 0.25) is 5.95 Å². The highest BCUT2D eigenvalue weighted by Gasteiger charge is 2.12. The summed E-state index contributed by atoms with van der Waals surface area (Å²) in [5.41, 5.74) is 1.07. The summed E-state index contributed by atoms with van der Waals surface area (Å²) in [4.78, 5) is 15.6. The number of nitrogens with one attached hydrogen (secondary N) is 2. The first-order valence-corrected chi connectivity index (χ1v) is 6.64. The summed E-state index contributed by atoms with van der Waals surface area (Å²) in [5.74, 6) is 0.738. The van der Waals surface area contributed by atoms with Crippen molar-refractivity contribution in [2.45, 2.75) is 13.3 Å². The van der Waals surface area contributed by atoms with Crippen molar-refractivity contribution in [2.75, 3.05) is 11.9 Å². The van der Waals surface area contributed by atoms with Gasteiger partial charge in [0.25, 0.3) is 5.88 Å². The highest BCUT2D eigenvalue weighted by molar-refractivity contribution is 5.77.